The maximum atomic E-state index is 12.5. The molecule has 3 aromatic rings. The molecule has 2 heterocycles. The van der Waals surface area contributed by atoms with Crippen molar-refractivity contribution in [2.45, 2.75) is 0 Å². The Balaban J connectivity index is 1.59. The first kappa shape index (κ1) is 14.6. The number of oxazole rings is 1. The molecule has 0 fully saturated rings. The second-order valence-corrected chi connectivity index (χ2v) is 5.50. The Morgan fingerprint density at radius 3 is 2.96 bits per heavy atom. The molecule has 1 N–H and O–H groups in total. The highest BCUT2D eigenvalue weighted by atomic mass is 35.5. The summed E-state index contributed by atoms with van der Waals surface area (Å²) in [6, 6.07) is 10.4. The molecule has 0 bridgehead atoms. The fourth-order valence-corrected chi connectivity index (χ4v) is 2.68. The number of aromatic nitrogens is 1. The summed E-state index contributed by atoms with van der Waals surface area (Å²) in [6.45, 7) is 0.0966. The van der Waals surface area contributed by atoms with Crippen molar-refractivity contribution < 1.29 is 18.7 Å². The molecule has 120 valence electrons. The van der Waals surface area contributed by atoms with E-state index in [1.165, 1.54) is 6.39 Å². The summed E-state index contributed by atoms with van der Waals surface area (Å²) < 4.78 is 15.8. The van der Waals surface area contributed by atoms with Gasteiger partial charge in [0.15, 0.2) is 23.7 Å². The number of rotatable bonds is 3. The Kier molecular flexibility index (Phi) is 3.59. The van der Waals surface area contributed by atoms with E-state index >= 15 is 0 Å². The van der Waals surface area contributed by atoms with Crippen molar-refractivity contribution in [1.29, 1.82) is 0 Å². The number of carbonyl (C=O) groups is 1. The molecule has 0 saturated heterocycles. The minimum atomic E-state index is -0.301. The number of hydrogen-bond acceptors (Lipinski definition) is 5. The third kappa shape index (κ3) is 2.68. The number of nitrogens with zero attached hydrogens (tertiary/aromatic N) is 1. The van der Waals surface area contributed by atoms with E-state index in [0.717, 1.165) is 5.56 Å². The molecule has 0 atom stereocenters. The molecular weight excluding hydrogens is 332 g/mol. The largest absolute Gasteiger partial charge is 0.454 e. The first-order valence-electron chi connectivity index (χ1n) is 7.10. The van der Waals surface area contributed by atoms with Crippen molar-refractivity contribution in [2.75, 3.05) is 12.1 Å². The van der Waals surface area contributed by atoms with Crippen LogP contribution in [0.5, 0.6) is 11.5 Å². The quantitative estimate of drug-likeness (QED) is 0.779. The fraction of sp³-hybridized carbons (Fsp3) is 0.0588. The van der Waals surface area contributed by atoms with Crippen molar-refractivity contribution in [3.8, 4) is 22.8 Å². The molecule has 0 spiro atoms. The number of carbonyl (C=O) groups excluding carboxylic acids is 1. The van der Waals surface area contributed by atoms with E-state index in [4.69, 9.17) is 25.5 Å². The lowest BCUT2D eigenvalue weighted by molar-refractivity contribution is 0.102. The average molecular weight is 343 g/mol. The predicted molar refractivity (Wildman–Crippen MR) is 87.5 cm³/mol. The zero-order chi connectivity index (χ0) is 16.5. The Morgan fingerprint density at radius 2 is 2.12 bits per heavy atom. The van der Waals surface area contributed by atoms with Crippen LogP contribution in [0, 0.1) is 0 Å². The number of amides is 1. The fourth-order valence-electron chi connectivity index (χ4n) is 2.41. The molecule has 0 radical (unpaired) electrons. The average Bonchev–Trinajstić information content (AvgIpc) is 3.26. The molecule has 4 rings (SSSR count). The molecule has 0 unspecified atom stereocenters. The minimum absolute atomic E-state index is 0.0966. The van der Waals surface area contributed by atoms with Crippen molar-refractivity contribution in [3.63, 3.8) is 0 Å². The monoisotopic (exact) mass is 342 g/mol. The summed E-state index contributed by atoms with van der Waals surface area (Å²) in [5, 5.41) is 3.16. The maximum Gasteiger partial charge on any atom is 0.255 e. The number of ether oxygens (including phenoxy) is 2. The summed E-state index contributed by atoms with van der Waals surface area (Å²) in [6.07, 6.45) is 2.97. The highest BCUT2D eigenvalue weighted by molar-refractivity contribution is 6.32. The van der Waals surface area contributed by atoms with Crippen LogP contribution in [0.15, 0.2) is 53.4 Å². The molecule has 0 aliphatic carbocycles. The van der Waals surface area contributed by atoms with Crippen LogP contribution in [-0.2, 0) is 0 Å². The summed E-state index contributed by atoms with van der Waals surface area (Å²) in [7, 11) is 0. The van der Waals surface area contributed by atoms with Crippen LogP contribution in [0.1, 0.15) is 10.4 Å². The first-order valence-corrected chi connectivity index (χ1v) is 7.48. The lowest BCUT2D eigenvalue weighted by atomic mass is 10.1. The number of nitrogens with one attached hydrogen (secondary N) is 1. The van der Waals surface area contributed by atoms with E-state index in [-0.39, 0.29) is 12.7 Å². The SMILES string of the molecule is O=C(Nc1cccc(-c2cnco2)c1)c1cc(Cl)c2c(c1)OCO2. The summed E-state index contributed by atoms with van der Waals surface area (Å²) in [5.74, 6) is 1.24. The Labute approximate surface area is 142 Å². The molecule has 0 saturated carbocycles. The van der Waals surface area contributed by atoms with Crippen LogP contribution >= 0.6 is 11.6 Å². The van der Waals surface area contributed by atoms with Gasteiger partial charge in [0.2, 0.25) is 6.79 Å². The number of benzene rings is 2. The normalized spacial score (nSPS) is 12.2. The van der Waals surface area contributed by atoms with Crippen molar-refractivity contribution in [1.82, 2.24) is 4.98 Å². The summed E-state index contributed by atoms with van der Waals surface area (Å²) in [5.41, 5.74) is 1.83. The van der Waals surface area contributed by atoms with Crippen LogP contribution in [0.25, 0.3) is 11.3 Å². The third-order valence-electron chi connectivity index (χ3n) is 3.53. The van der Waals surface area contributed by atoms with E-state index in [1.807, 2.05) is 12.1 Å². The lowest BCUT2D eigenvalue weighted by Gasteiger charge is -2.08. The van der Waals surface area contributed by atoms with E-state index in [9.17, 15) is 4.79 Å². The zero-order valence-electron chi connectivity index (χ0n) is 12.3. The zero-order valence-corrected chi connectivity index (χ0v) is 13.0. The standard InChI is InChI=1S/C17H11ClN2O4/c18-13-5-11(6-14-16(13)24-9-23-14)17(21)20-12-3-1-2-10(4-12)15-7-19-8-22-15/h1-8H,9H2,(H,20,21). The minimum Gasteiger partial charge on any atom is -0.454 e. The molecule has 1 aliphatic heterocycles. The maximum absolute atomic E-state index is 12.5. The van der Waals surface area contributed by atoms with Crippen LogP contribution in [0.2, 0.25) is 5.02 Å². The van der Waals surface area contributed by atoms with Gasteiger partial charge in [-0.3, -0.25) is 4.79 Å². The van der Waals surface area contributed by atoms with E-state index in [2.05, 4.69) is 10.3 Å². The van der Waals surface area contributed by atoms with E-state index < -0.39 is 0 Å². The van der Waals surface area contributed by atoms with Gasteiger partial charge in [-0.2, -0.15) is 0 Å². The number of hydrogen-bond donors (Lipinski definition) is 1. The molecule has 7 heteroatoms. The molecule has 1 amide bonds. The van der Waals surface area contributed by atoms with Crippen LogP contribution < -0.4 is 14.8 Å². The Bertz CT molecular complexity index is 909. The highest BCUT2D eigenvalue weighted by Gasteiger charge is 2.20. The predicted octanol–water partition coefficient (Wildman–Crippen LogP) is 3.98. The second kappa shape index (κ2) is 5.90. The molecule has 1 aliphatic rings. The van der Waals surface area contributed by atoms with Gasteiger partial charge in [-0.15, -0.1) is 0 Å². The van der Waals surface area contributed by atoms with Crippen LogP contribution in [0.3, 0.4) is 0 Å². The summed E-state index contributed by atoms with van der Waals surface area (Å²) >= 11 is 6.11. The van der Waals surface area contributed by atoms with Crippen molar-refractivity contribution in [3.05, 3.63) is 59.6 Å². The van der Waals surface area contributed by atoms with Gasteiger partial charge in [0, 0.05) is 16.8 Å². The van der Waals surface area contributed by atoms with Gasteiger partial charge in [0.1, 0.15) is 0 Å². The van der Waals surface area contributed by atoms with Gasteiger partial charge in [-0.05, 0) is 24.3 Å². The van der Waals surface area contributed by atoms with Gasteiger partial charge in [-0.25, -0.2) is 4.98 Å². The van der Waals surface area contributed by atoms with Crippen molar-refractivity contribution in [2.24, 2.45) is 0 Å². The molecular formula is C17H11ClN2O4. The lowest BCUT2D eigenvalue weighted by Crippen LogP contribution is -2.11. The van der Waals surface area contributed by atoms with Gasteiger partial charge in [0.05, 0.1) is 11.2 Å². The third-order valence-corrected chi connectivity index (χ3v) is 3.81. The van der Waals surface area contributed by atoms with Gasteiger partial charge in [0.25, 0.3) is 5.91 Å². The smallest absolute Gasteiger partial charge is 0.255 e. The number of fused-ring (bicyclic) bond motifs is 1. The van der Waals surface area contributed by atoms with Gasteiger partial charge >= 0.3 is 0 Å². The molecule has 24 heavy (non-hydrogen) atoms. The molecule has 1 aromatic heterocycles. The molecule has 6 nitrogen and oxygen atoms in total. The van der Waals surface area contributed by atoms with Gasteiger partial charge < -0.3 is 19.2 Å². The number of anilines is 1. The highest BCUT2D eigenvalue weighted by Crippen LogP contribution is 2.39. The van der Waals surface area contributed by atoms with Crippen molar-refractivity contribution >= 4 is 23.2 Å². The topological polar surface area (TPSA) is 73.6 Å². The number of halogens is 1. The van der Waals surface area contributed by atoms with E-state index in [1.54, 1.807) is 30.5 Å². The van der Waals surface area contributed by atoms with Crippen LogP contribution in [-0.4, -0.2) is 17.7 Å². The Morgan fingerprint density at radius 1 is 1.21 bits per heavy atom. The second-order valence-electron chi connectivity index (χ2n) is 5.09. The van der Waals surface area contributed by atoms with Gasteiger partial charge in [-0.1, -0.05) is 23.7 Å². The van der Waals surface area contributed by atoms with E-state index in [0.29, 0.717) is 33.5 Å². The molecule has 2 aromatic carbocycles. The summed E-state index contributed by atoms with van der Waals surface area (Å²) in [4.78, 5) is 16.3. The Hall–Kier alpha value is -2.99. The van der Waals surface area contributed by atoms with Crippen LogP contribution in [0.4, 0.5) is 5.69 Å². The first-order chi connectivity index (χ1) is 11.7.